The molecule has 0 aromatic heterocycles. The van der Waals surface area contributed by atoms with E-state index in [9.17, 15) is 0 Å². The fourth-order valence-corrected chi connectivity index (χ4v) is 1.75. The molecule has 0 atom stereocenters. The number of hydrogen-bond acceptors (Lipinski definition) is 4. The number of nitrogens with one attached hydrogen (secondary N) is 1. The minimum absolute atomic E-state index is 0. The molecule has 0 radical (unpaired) electrons. The van der Waals surface area contributed by atoms with E-state index in [-0.39, 0.29) is 12.4 Å². The van der Waals surface area contributed by atoms with E-state index in [1.165, 1.54) is 0 Å². The first-order valence-electron chi connectivity index (χ1n) is 6.06. The van der Waals surface area contributed by atoms with Gasteiger partial charge >= 0.3 is 0 Å². The molecule has 4 nitrogen and oxygen atoms in total. The Morgan fingerprint density at radius 1 is 0.950 bits per heavy atom. The molecule has 0 fully saturated rings. The third-order valence-corrected chi connectivity index (χ3v) is 2.72. The number of nitrogen functional groups attached to an aromatic ring is 3. The molecule has 0 saturated carbocycles. The highest BCUT2D eigenvalue weighted by molar-refractivity contribution is 5.85. The van der Waals surface area contributed by atoms with Gasteiger partial charge in [-0.25, -0.2) is 0 Å². The summed E-state index contributed by atoms with van der Waals surface area (Å²) in [7, 11) is 0. The van der Waals surface area contributed by atoms with Crippen molar-refractivity contribution in [3.63, 3.8) is 0 Å². The summed E-state index contributed by atoms with van der Waals surface area (Å²) in [6, 6.07) is 13.1. The Morgan fingerprint density at radius 2 is 1.70 bits per heavy atom. The quantitative estimate of drug-likeness (QED) is 0.652. The van der Waals surface area contributed by atoms with Gasteiger partial charge in [-0.3, -0.25) is 0 Å². The standard InChI is InChI=1S/C15H18N4.ClH/c16-12-4-1-5-14(10-12)19-8-2-3-11-9-13(17)6-7-15(11)18;/h1-7,9-10,19H,8,16-18H2;1H. The first-order chi connectivity index (χ1) is 9.15. The maximum absolute atomic E-state index is 5.86. The molecule has 0 spiro atoms. The predicted octanol–water partition coefficient (Wildman–Crippen LogP) is 2.98. The van der Waals surface area contributed by atoms with Gasteiger partial charge in [0, 0.05) is 29.3 Å². The Morgan fingerprint density at radius 3 is 2.45 bits per heavy atom. The van der Waals surface area contributed by atoms with Gasteiger partial charge in [0.15, 0.2) is 0 Å². The molecule has 2 aromatic carbocycles. The number of rotatable bonds is 4. The van der Waals surface area contributed by atoms with Crippen LogP contribution in [0.15, 0.2) is 48.5 Å². The number of nitrogens with two attached hydrogens (primary N) is 3. The highest BCUT2D eigenvalue weighted by atomic mass is 35.5. The topological polar surface area (TPSA) is 90.1 Å². The highest BCUT2D eigenvalue weighted by Gasteiger charge is 1.95. The first-order valence-corrected chi connectivity index (χ1v) is 6.06. The molecule has 0 unspecified atom stereocenters. The van der Waals surface area contributed by atoms with Gasteiger partial charge in [0.2, 0.25) is 0 Å². The molecule has 2 rings (SSSR count). The van der Waals surface area contributed by atoms with Crippen LogP contribution in [-0.4, -0.2) is 6.54 Å². The van der Waals surface area contributed by atoms with Crippen LogP contribution in [0.2, 0.25) is 0 Å². The monoisotopic (exact) mass is 290 g/mol. The second-order valence-electron chi connectivity index (χ2n) is 4.30. The van der Waals surface area contributed by atoms with Crippen LogP contribution in [0.3, 0.4) is 0 Å². The van der Waals surface area contributed by atoms with E-state index in [1.807, 2.05) is 42.5 Å². The molecule has 0 aliphatic rings. The van der Waals surface area contributed by atoms with Crippen molar-refractivity contribution in [2.24, 2.45) is 0 Å². The molecule has 0 amide bonds. The van der Waals surface area contributed by atoms with Gasteiger partial charge in [-0.2, -0.15) is 0 Å². The number of anilines is 4. The molecule has 20 heavy (non-hydrogen) atoms. The van der Waals surface area contributed by atoms with E-state index in [0.29, 0.717) is 12.2 Å². The molecule has 0 aliphatic carbocycles. The van der Waals surface area contributed by atoms with Gasteiger partial charge in [-0.15, -0.1) is 12.4 Å². The zero-order chi connectivity index (χ0) is 13.7. The minimum atomic E-state index is 0. The van der Waals surface area contributed by atoms with Crippen molar-refractivity contribution in [3.8, 4) is 0 Å². The van der Waals surface area contributed by atoms with Crippen molar-refractivity contribution < 1.29 is 0 Å². The second-order valence-corrected chi connectivity index (χ2v) is 4.30. The van der Waals surface area contributed by atoms with Crippen LogP contribution < -0.4 is 22.5 Å². The van der Waals surface area contributed by atoms with E-state index < -0.39 is 0 Å². The van der Waals surface area contributed by atoms with Crippen LogP contribution in [-0.2, 0) is 0 Å². The van der Waals surface area contributed by atoms with Crippen LogP contribution in [0.25, 0.3) is 6.08 Å². The zero-order valence-corrected chi connectivity index (χ0v) is 11.9. The van der Waals surface area contributed by atoms with Crippen molar-refractivity contribution in [2.75, 3.05) is 29.1 Å². The summed E-state index contributed by atoms with van der Waals surface area (Å²) in [5.41, 5.74) is 21.4. The van der Waals surface area contributed by atoms with E-state index in [2.05, 4.69) is 5.32 Å². The summed E-state index contributed by atoms with van der Waals surface area (Å²) in [4.78, 5) is 0. The van der Waals surface area contributed by atoms with Crippen molar-refractivity contribution in [1.29, 1.82) is 0 Å². The summed E-state index contributed by atoms with van der Waals surface area (Å²) >= 11 is 0. The maximum atomic E-state index is 5.86. The molecular formula is C15H19ClN4. The van der Waals surface area contributed by atoms with Gasteiger partial charge < -0.3 is 22.5 Å². The van der Waals surface area contributed by atoms with E-state index >= 15 is 0 Å². The zero-order valence-electron chi connectivity index (χ0n) is 11.0. The van der Waals surface area contributed by atoms with Gasteiger partial charge in [0.25, 0.3) is 0 Å². The lowest BCUT2D eigenvalue weighted by Gasteiger charge is -2.04. The number of halogens is 1. The number of benzene rings is 2. The molecule has 0 saturated heterocycles. The third-order valence-electron chi connectivity index (χ3n) is 2.72. The fourth-order valence-electron chi connectivity index (χ4n) is 1.75. The predicted molar refractivity (Wildman–Crippen MR) is 90.9 cm³/mol. The van der Waals surface area contributed by atoms with E-state index in [4.69, 9.17) is 17.2 Å². The average Bonchev–Trinajstić information content (AvgIpc) is 2.39. The normalized spacial score (nSPS) is 10.2. The molecule has 5 heteroatoms. The number of hydrogen-bond donors (Lipinski definition) is 4. The molecule has 106 valence electrons. The lowest BCUT2D eigenvalue weighted by Crippen LogP contribution is -1.99. The largest absolute Gasteiger partial charge is 0.399 e. The summed E-state index contributed by atoms with van der Waals surface area (Å²) < 4.78 is 0. The van der Waals surface area contributed by atoms with Gasteiger partial charge in [-0.05, 0) is 42.0 Å². The molecule has 0 heterocycles. The Bertz CT molecular complexity index is 596. The Hall–Kier alpha value is -2.33. The van der Waals surface area contributed by atoms with Crippen LogP contribution in [0.1, 0.15) is 5.56 Å². The van der Waals surface area contributed by atoms with Crippen LogP contribution in [0.4, 0.5) is 22.7 Å². The molecule has 7 N–H and O–H groups in total. The van der Waals surface area contributed by atoms with Crippen LogP contribution >= 0.6 is 12.4 Å². The summed E-state index contributed by atoms with van der Waals surface area (Å²) in [6.07, 6.45) is 3.94. The Balaban J connectivity index is 0.00000200. The van der Waals surface area contributed by atoms with Gasteiger partial charge in [-0.1, -0.05) is 18.2 Å². The highest BCUT2D eigenvalue weighted by Crippen LogP contribution is 2.17. The van der Waals surface area contributed by atoms with Crippen LogP contribution in [0.5, 0.6) is 0 Å². The summed E-state index contributed by atoms with van der Waals surface area (Å²) in [5.74, 6) is 0. The fraction of sp³-hybridized carbons (Fsp3) is 0.0667. The third kappa shape index (κ3) is 4.40. The second kappa shape index (κ2) is 7.31. The SMILES string of the molecule is Cl.Nc1cccc(NCC=Cc2cc(N)ccc2N)c1. The lowest BCUT2D eigenvalue weighted by atomic mass is 10.1. The Labute approximate surface area is 125 Å². The average molecular weight is 291 g/mol. The summed E-state index contributed by atoms with van der Waals surface area (Å²) in [5, 5.41) is 3.25. The van der Waals surface area contributed by atoms with Crippen molar-refractivity contribution in [2.45, 2.75) is 0 Å². The van der Waals surface area contributed by atoms with Crippen LogP contribution in [0, 0.1) is 0 Å². The first kappa shape index (κ1) is 15.7. The van der Waals surface area contributed by atoms with E-state index in [0.717, 1.165) is 22.6 Å². The molecule has 0 bridgehead atoms. The Kier molecular flexibility index (Phi) is 5.74. The lowest BCUT2D eigenvalue weighted by molar-refractivity contribution is 1.34. The smallest absolute Gasteiger partial charge is 0.0389 e. The molecule has 0 aliphatic heterocycles. The van der Waals surface area contributed by atoms with Gasteiger partial charge in [0.05, 0.1) is 0 Å². The van der Waals surface area contributed by atoms with E-state index in [1.54, 1.807) is 12.1 Å². The van der Waals surface area contributed by atoms with Crippen molar-refractivity contribution >= 4 is 41.2 Å². The maximum Gasteiger partial charge on any atom is 0.0389 e. The summed E-state index contributed by atoms with van der Waals surface area (Å²) in [6.45, 7) is 0.692. The van der Waals surface area contributed by atoms with Gasteiger partial charge in [0.1, 0.15) is 0 Å². The minimum Gasteiger partial charge on any atom is -0.399 e. The molecular weight excluding hydrogens is 272 g/mol. The van der Waals surface area contributed by atoms with Crippen molar-refractivity contribution in [3.05, 3.63) is 54.1 Å². The van der Waals surface area contributed by atoms with Crippen molar-refractivity contribution in [1.82, 2.24) is 0 Å². The molecule has 2 aromatic rings.